The molecule has 2 amide bonds. The number of aryl methyl sites for hydroxylation is 1. The fraction of sp³-hybridized carbons (Fsp3) is 0.654. The highest BCUT2D eigenvalue weighted by atomic mass is 35.5. The third kappa shape index (κ3) is 9.33. The number of piperidine rings is 2. The fourth-order valence-electron chi connectivity index (χ4n) is 5.07. The summed E-state index contributed by atoms with van der Waals surface area (Å²) in [6, 6.07) is 7.16. The largest absolute Gasteiger partial charge is 0.496 e. The zero-order valence-electron chi connectivity index (χ0n) is 20.7. The molecule has 3 rings (SSSR count). The first-order valence-corrected chi connectivity index (χ1v) is 12.6. The third-order valence-electron chi connectivity index (χ3n) is 7.09. The van der Waals surface area contributed by atoms with E-state index in [0.717, 1.165) is 56.5 Å². The first-order valence-electron chi connectivity index (χ1n) is 12.6. The Hall–Kier alpha value is -2.32. The predicted octanol–water partition coefficient (Wildman–Crippen LogP) is 3.03. The number of aliphatic carboxylic acids is 1. The molecule has 0 unspecified atom stereocenters. The number of halogens is 1. The van der Waals surface area contributed by atoms with E-state index in [0.29, 0.717) is 38.3 Å². The van der Waals surface area contributed by atoms with Gasteiger partial charge in [-0.1, -0.05) is 18.2 Å². The van der Waals surface area contributed by atoms with E-state index in [1.165, 1.54) is 0 Å². The maximum absolute atomic E-state index is 13.0. The van der Waals surface area contributed by atoms with Crippen LogP contribution in [0.4, 0.5) is 0 Å². The van der Waals surface area contributed by atoms with E-state index in [9.17, 15) is 19.5 Å². The van der Waals surface area contributed by atoms with Gasteiger partial charge in [0.05, 0.1) is 19.4 Å². The van der Waals surface area contributed by atoms with Crippen LogP contribution in [0.3, 0.4) is 0 Å². The Labute approximate surface area is 214 Å². The van der Waals surface area contributed by atoms with Crippen molar-refractivity contribution in [3.8, 4) is 5.75 Å². The molecule has 196 valence electrons. The van der Waals surface area contributed by atoms with E-state index in [-0.39, 0.29) is 36.6 Å². The highest BCUT2D eigenvalue weighted by molar-refractivity contribution is 5.85. The Balaban J connectivity index is 0.00000432. The van der Waals surface area contributed by atoms with Crippen LogP contribution in [0.25, 0.3) is 0 Å². The lowest BCUT2D eigenvalue weighted by atomic mass is 9.92. The van der Waals surface area contributed by atoms with Crippen molar-refractivity contribution in [3.63, 3.8) is 0 Å². The van der Waals surface area contributed by atoms with Crippen LogP contribution in [0.2, 0.25) is 0 Å². The molecule has 3 N–H and O–H groups in total. The summed E-state index contributed by atoms with van der Waals surface area (Å²) in [5.74, 6) is 0.113. The molecule has 8 nitrogen and oxygen atoms in total. The number of carboxylic acids is 1. The molecule has 1 aromatic rings. The van der Waals surface area contributed by atoms with Gasteiger partial charge in [0.2, 0.25) is 11.8 Å². The number of carbonyl (C=O) groups is 3. The van der Waals surface area contributed by atoms with Gasteiger partial charge in [0, 0.05) is 25.6 Å². The van der Waals surface area contributed by atoms with Gasteiger partial charge in [-0.25, -0.2) is 0 Å². The van der Waals surface area contributed by atoms with Crippen molar-refractivity contribution in [2.24, 2.45) is 11.8 Å². The lowest BCUT2D eigenvalue weighted by Crippen LogP contribution is -2.48. The molecule has 2 fully saturated rings. The first-order chi connectivity index (χ1) is 16.5. The summed E-state index contributed by atoms with van der Waals surface area (Å²) in [4.78, 5) is 39.1. The topological polar surface area (TPSA) is 108 Å². The molecule has 2 aliphatic rings. The van der Waals surface area contributed by atoms with Crippen LogP contribution in [0.15, 0.2) is 24.3 Å². The van der Waals surface area contributed by atoms with Gasteiger partial charge < -0.3 is 25.4 Å². The summed E-state index contributed by atoms with van der Waals surface area (Å²) in [6.45, 7) is 3.17. The zero-order valence-corrected chi connectivity index (χ0v) is 21.5. The van der Waals surface area contributed by atoms with Gasteiger partial charge >= 0.3 is 5.97 Å². The fourth-order valence-corrected chi connectivity index (χ4v) is 5.07. The number of nitrogens with zero attached hydrogens (tertiary/aromatic N) is 1. The SMILES string of the molecule is COc1ccccc1CC[C@H](CC(=O)O)NC(=O)[C@@H]1CCCN(C(=O)CCC2CCNCC2)C1.Cl. The van der Waals surface area contributed by atoms with Crippen LogP contribution >= 0.6 is 12.4 Å². The maximum Gasteiger partial charge on any atom is 0.305 e. The van der Waals surface area contributed by atoms with E-state index in [4.69, 9.17) is 4.74 Å². The van der Waals surface area contributed by atoms with Crippen LogP contribution in [0, 0.1) is 11.8 Å². The van der Waals surface area contributed by atoms with Crippen LogP contribution in [-0.4, -0.2) is 67.1 Å². The smallest absolute Gasteiger partial charge is 0.305 e. The third-order valence-corrected chi connectivity index (χ3v) is 7.09. The van der Waals surface area contributed by atoms with E-state index >= 15 is 0 Å². The van der Waals surface area contributed by atoms with E-state index in [1.54, 1.807) is 7.11 Å². The number of amides is 2. The average Bonchev–Trinajstić information content (AvgIpc) is 2.86. The summed E-state index contributed by atoms with van der Waals surface area (Å²) >= 11 is 0. The van der Waals surface area contributed by atoms with Gasteiger partial charge in [-0.15, -0.1) is 12.4 Å². The summed E-state index contributed by atoms with van der Waals surface area (Å²) < 4.78 is 5.38. The Morgan fingerprint density at radius 3 is 2.66 bits per heavy atom. The Morgan fingerprint density at radius 2 is 1.94 bits per heavy atom. The molecular formula is C26H40ClN3O5. The monoisotopic (exact) mass is 509 g/mol. The molecule has 0 saturated carbocycles. The van der Waals surface area contributed by atoms with E-state index < -0.39 is 12.0 Å². The van der Waals surface area contributed by atoms with Crippen molar-refractivity contribution in [1.29, 1.82) is 0 Å². The van der Waals surface area contributed by atoms with E-state index in [1.807, 2.05) is 29.2 Å². The summed E-state index contributed by atoms with van der Waals surface area (Å²) in [5, 5.41) is 15.7. The van der Waals surface area contributed by atoms with Crippen LogP contribution in [-0.2, 0) is 20.8 Å². The minimum atomic E-state index is -0.941. The highest BCUT2D eigenvalue weighted by Crippen LogP contribution is 2.23. The molecule has 2 heterocycles. The van der Waals surface area contributed by atoms with Crippen molar-refractivity contribution in [2.45, 2.75) is 63.8 Å². The normalized spacial score (nSPS) is 19.3. The van der Waals surface area contributed by atoms with E-state index in [2.05, 4.69) is 10.6 Å². The van der Waals surface area contributed by atoms with Crippen molar-refractivity contribution >= 4 is 30.2 Å². The Morgan fingerprint density at radius 1 is 1.20 bits per heavy atom. The molecule has 0 aromatic heterocycles. The van der Waals surface area contributed by atoms with Crippen LogP contribution < -0.4 is 15.4 Å². The van der Waals surface area contributed by atoms with Gasteiger partial charge in [0.15, 0.2) is 0 Å². The second-order valence-electron chi connectivity index (χ2n) is 9.56. The minimum Gasteiger partial charge on any atom is -0.496 e. The molecule has 35 heavy (non-hydrogen) atoms. The van der Waals surface area contributed by atoms with Gasteiger partial charge in [0.25, 0.3) is 0 Å². The maximum atomic E-state index is 13.0. The molecule has 2 saturated heterocycles. The van der Waals surface area contributed by atoms with Gasteiger partial charge in [-0.2, -0.15) is 0 Å². The molecule has 2 atom stereocenters. The van der Waals surface area contributed by atoms with Crippen molar-refractivity contribution < 1.29 is 24.2 Å². The molecule has 9 heteroatoms. The number of ether oxygens (including phenoxy) is 1. The molecule has 2 aliphatic heterocycles. The summed E-state index contributed by atoms with van der Waals surface area (Å²) in [5.41, 5.74) is 0.984. The lowest BCUT2D eigenvalue weighted by Gasteiger charge is -2.33. The molecule has 0 radical (unpaired) electrons. The number of methoxy groups -OCH3 is 1. The first kappa shape index (κ1) is 28.9. The van der Waals surface area contributed by atoms with Crippen LogP contribution in [0.1, 0.15) is 56.9 Å². The molecule has 0 spiro atoms. The quantitative estimate of drug-likeness (QED) is 0.423. The van der Waals surface area contributed by atoms with Crippen molar-refractivity contribution in [1.82, 2.24) is 15.5 Å². The number of hydrogen-bond donors (Lipinski definition) is 3. The Bertz CT molecular complexity index is 831. The predicted molar refractivity (Wildman–Crippen MR) is 137 cm³/mol. The highest BCUT2D eigenvalue weighted by Gasteiger charge is 2.30. The lowest BCUT2D eigenvalue weighted by molar-refractivity contribution is -0.138. The number of carboxylic acid groups (broad SMARTS) is 1. The molecule has 0 aliphatic carbocycles. The summed E-state index contributed by atoms with van der Waals surface area (Å²) in [7, 11) is 1.61. The number of hydrogen-bond acceptors (Lipinski definition) is 5. The van der Waals surface area contributed by atoms with Gasteiger partial charge in [-0.3, -0.25) is 14.4 Å². The van der Waals surface area contributed by atoms with Gasteiger partial charge in [-0.05, 0) is 75.6 Å². The van der Waals surface area contributed by atoms with Crippen molar-refractivity contribution in [2.75, 3.05) is 33.3 Å². The standard InChI is InChI=1S/C26H39N3O5.ClH/c1-34-23-7-3-2-5-20(23)9-10-22(17-25(31)32)28-26(33)21-6-4-16-29(18-21)24(30)11-8-19-12-14-27-15-13-19;/h2-3,5,7,19,21-22,27H,4,6,8-18H2,1H3,(H,28,33)(H,31,32);1H/t21-,22-;/m1./s1. The van der Waals surface area contributed by atoms with Crippen LogP contribution in [0.5, 0.6) is 5.75 Å². The number of benzene rings is 1. The summed E-state index contributed by atoms with van der Waals surface area (Å²) in [6.07, 6.45) is 6.19. The molecule has 1 aromatic carbocycles. The van der Waals surface area contributed by atoms with Crippen molar-refractivity contribution in [3.05, 3.63) is 29.8 Å². The second kappa shape index (κ2) is 14.9. The minimum absolute atomic E-state index is 0. The second-order valence-corrected chi connectivity index (χ2v) is 9.56. The Kier molecular flexibility index (Phi) is 12.3. The number of likely N-dealkylation sites (tertiary alicyclic amines) is 1. The zero-order chi connectivity index (χ0) is 24.3. The number of rotatable bonds is 11. The average molecular weight is 510 g/mol. The molecule has 0 bridgehead atoms. The van der Waals surface area contributed by atoms with Gasteiger partial charge in [0.1, 0.15) is 5.75 Å². The molecular weight excluding hydrogens is 470 g/mol. The number of carbonyl (C=O) groups excluding carboxylic acids is 2. The number of para-hydroxylation sites is 1. The number of nitrogens with one attached hydrogen (secondary N) is 2.